The molecule has 0 bridgehead atoms. The number of esters is 1. The zero-order valence-corrected chi connectivity index (χ0v) is 14.1. The molecule has 0 saturated heterocycles. The van der Waals surface area contributed by atoms with Gasteiger partial charge in [0.05, 0.1) is 12.5 Å². The van der Waals surface area contributed by atoms with Crippen molar-refractivity contribution in [1.29, 1.82) is 0 Å². The lowest BCUT2D eigenvalue weighted by Gasteiger charge is -2.30. The summed E-state index contributed by atoms with van der Waals surface area (Å²) >= 11 is -1.45. The van der Waals surface area contributed by atoms with Crippen LogP contribution in [-0.4, -0.2) is 38.4 Å². The van der Waals surface area contributed by atoms with E-state index in [4.69, 9.17) is 9.88 Å². The number of aliphatic hydroxyl groups excluding tert-OH is 1. The maximum absolute atomic E-state index is 11.7. The van der Waals surface area contributed by atoms with Gasteiger partial charge in [0.25, 0.3) is 0 Å². The Hall–Kier alpha value is -0.630. The van der Waals surface area contributed by atoms with Crippen LogP contribution in [0.4, 0.5) is 0 Å². The number of hydrogen-bond donors (Lipinski definition) is 2. The van der Waals surface area contributed by atoms with Crippen LogP contribution in [0.25, 0.3) is 0 Å². The Kier molecular flexibility index (Phi) is 8.46. The normalized spacial score (nSPS) is 15.4. The Morgan fingerprint density at radius 2 is 1.95 bits per heavy atom. The summed E-state index contributed by atoms with van der Waals surface area (Å²) in [5.41, 5.74) is -0.724. The highest BCUT2D eigenvalue weighted by molar-refractivity contribution is 7.90. The number of aldehydes is 1. The van der Waals surface area contributed by atoms with Gasteiger partial charge in [-0.3, -0.25) is 4.79 Å². The largest absolute Gasteiger partial charge is 0.598 e. The first kappa shape index (κ1) is 20.4. The van der Waals surface area contributed by atoms with Gasteiger partial charge in [-0.25, -0.2) is 0 Å². The number of carbonyl (C=O) groups excluding carboxylic acids is 2. The number of rotatable bonds is 10. The zero-order chi connectivity index (χ0) is 16.7. The summed E-state index contributed by atoms with van der Waals surface area (Å²) in [7, 11) is 0. The average Bonchev–Trinajstić information content (AvgIpc) is 2.33. The minimum absolute atomic E-state index is 0.135. The molecule has 0 aliphatic rings. The van der Waals surface area contributed by atoms with Crippen LogP contribution >= 0.6 is 0 Å². The summed E-state index contributed by atoms with van der Waals surface area (Å²) in [5, 5.41) is 15.0. The minimum Gasteiger partial charge on any atom is -0.598 e. The lowest BCUT2D eigenvalue weighted by Crippen LogP contribution is -2.40. The summed E-state index contributed by atoms with van der Waals surface area (Å²) < 4.78 is 16.2. The molecule has 0 aliphatic carbocycles. The number of aliphatic hydroxyl groups is 1. The van der Waals surface area contributed by atoms with E-state index in [0.29, 0.717) is 19.1 Å². The van der Waals surface area contributed by atoms with Crippen molar-refractivity contribution < 1.29 is 24.0 Å². The van der Waals surface area contributed by atoms with Crippen LogP contribution in [0.3, 0.4) is 0 Å². The van der Waals surface area contributed by atoms with Crippen molar-refractivity contribution in [2.75, 3.05) is 0 Å². The van der Waals surface area contributed by atoms with Gasteiger partial charge >= 0.3 is 5.97 Å². The highest BCUT2D eigenvalue weighted by atomic mass is 32.2. The first-order valence-electron chi connectivity index (χ1n) is 7.00. The molecule has 2 atom stereocenters. The summed E-state index contributed by atoms with van der Waals surface area (Å²) in [6, 6.07) is 0. The third kappa shape index (κ3) is 9.08. The standard InChI is InChI=1S/C14H27NO5S/c1-13(2,7-8-14(3,4)21(15)19)20-12(18)10-11(17)6-5-9-16/h9,11,17H,5-8,10,15H2,1-4H3/t11-,21+/m0/s1. The van der Waals surface area contributed by atoms with Gasteiger partial charge < -0.3 is 19.2 Å². The molecule has 0 fully saturated rings. The van der Waals surface area contributed by atoms with E-state index in [0.717, 1.165) is 0 Å². The predicted molar refractivity (Wildman–Crippen MR) is 81.7 cm³/mol. The fourth-order valence-corrected chi connectivity index (χ4v) is 1.96. The number of hydrogen-bond acceptors (Lipinski definition) is 6. The van der Waals surface area contributed by atoms with Crippen molar-refractivity contribution in [2.45, 2.75) is 76.3 Å². The Balaban J connectivity index is 4.27. The number of nitrogens with two attached hydrogens (primary N) is 1. The van der Waals surface area contributed by atoms with Crippen molar-refractivity contribution in [3.63, 3.8) is 0 Å². The van der Waals surface area contributed by atoms with Gasteiger partial charge in [-0.1, -0.05) is 0 Å². The van der Waals surface area contributed by atoms with Gasteiger partial charge in [0, 0.05) is 24.2 Å². The molecular formula is C14H27NO5S. The second kappa shape index (κ2) is 8.73. The summed E-state index contributed by atoms with van der Waals surface area (Å²) in [4.78, 5) is 21.9. The third-order valence-electron chi connectivity index (χ3n) is 3.28. The predicted octanol–water partition coefficient (Wildman–Crippen LogP) is 1.22. The van der Waals surface area contributed by atoms with E-state index in [1.165, 1.54) is 0 Å². The maximum Gasteiger partial charge on any atom is 0.308 e. The molecule has 0 aliphatic heterocycles. The van der Waals surface area contributed by atoms with Crippen LogP contribution in [0.15, 0.2) is 0 Å². The maximum atomic E-state index is 11.7. The summed E-state index contributed by atoms with van der Waals surface area (Å²) in [6.07, 6.45) is 1.22. The molecule has 0 saturated carbocycles. The highest BCUT2D eigenvalue weighted by Crippen LogP contribution is 2.27. The third-order valence-corrected chi connectivity index (χ3v) is 4.58. The van der Waals surface area contributed by atoms with Gasteiger partial charge in [-0.15, -0.1) is 0 Å². The van der Waals surface area contributed by atoms with Gasteiger partial charge in [0.15, 0.2) is 0 Å². The van der Waals surface area contributed by atoms with Crippen molar-refractivity contribution in [3.8, 4) is 0 Å². The lowest BCUT2D eigenvalue weighted by molar-refractivity contribution is -0.159. The summed E-state index contributed by atoms with van der Waals surface area (Å²) in [6.45, 7) is 7.12. The molecule has 0 amide bonds. The van der Waals surface area contributed by atoms with E-state index in [9.17, 15) is 19.2 Å². The fourth-order valence-electron chi connectivity index (χ4n) is 1.66. The van der Waals surface area contributed by atoms with Gasteiger partial charge in [-0.05, 0) is 40.5 Å². The highest BCUT2D eigenvalue weighted by Gasteiger charge is 2.34. The molecule has 3 N–H and O–H groups in total. The van der Waals surface area contributed by atoms with E-state index in [1.54, 1.807) is 27.7 Å². The Labute approximate surface area is 129 Å². The number of ether oxygens (including phenoxy) is 1. The lowest BCUT2D eigenvalue weighted by atomic mass is 9.96. The van der Waals surface area contributed by atoms with Crippen LogP contribution in [0.5, 0.6) is 0 Å². The van der Waals surface area contributed by atoms with E-state index >= 15 is 0 Å². The minimum atomic E-state index is -1.45. The molecule has 6 nitrogen and oxygen atoms in total. The molecule has 0 spiro atoms. The second-order valence-electron chi connectivity index (χ2n) is 6.39. The molecule has 0 heterocycles. The van der Waals surface area contributed by atoms with Crippen molar-refractivity contribution in [1.82, 2.24) is 0 Å². The molecule has 0 aromatic rings. The average molecular weight is 321 g/mol. The van der Waals surface area contributed by atoms with E-state index in [1.807, 2.05) is 0 Å². The van der Waals surface area contributed by atoms with Gasteiger partial charge in [0.2, 0.25) is 0 Å². The van der Waals surface area contributed by atoms with E-state index in [2.05, 4.69) is 0 Å². The quantitative estimate of drug-likeness (QED) is 0.355. The Morgan fingerprint density at radius 1 is 1.38 bits per heavy atom. The summed E-state index contributed by atoms with van der Waals surface area (Å²) in [5.74, 6) is -0.509. The first-order chi connectivity index (χ1) is 9.50. The van der Waals surface area contributed by atoms with E-state index in [-0.39, 0.29) is 19.3 Å². The smallest absolute Gasteiger partial charge is 0.308 e. The van der Waals surface area contributed by atoms with Crippen molar-refractivity contribution in [3.05, 3.63) is 0 Å². The topological polar surface area (TPSA) is 113 Å². The molecule has 21 heavy (non-hydrogen) atoms. The molecule has 124 valence electrons. The molecular weight excluding hydrogens is 294 g/mol. The molecule has 7 heteroatoms. The van der Waals surface area contributed by atoms with Crippen molar-refractivity contribution in [2.24, 2.45) is 5.14 Å². The monoisotopic (exact) mass is 321 g/mol. The van der Waals surface area contributed by atoms with Gasteiger partial charge in [0.1, 0.15) is 16.6 Å². The SMILES string of the molecule is CC(C)(CCC(C)(C)[S@+](N)[O-])OC(=O)C[C@@H](O)CCC=O. The van der Waals surface area contributed by atoms with Crippen LogP contribution < -0.4 is 5.14 Å². The van der Waals surface area contributed by atoms with Crippen LogP contribution in [0.1, 0.15) is 59.8 Å². The molecule has 0 unspecified atom stereocenters. The van der Waals surface area contributed by atoms with Gasteiger partial charge in [-0.2, -0.15) is 5.14 Å². The zero-order valence-electron chi connectivity index (χ0n) is 13.3. The van der Waals surface area contributed by atoms with Crippen LogP contribution in [-0.2, 0) is 25.7 Å². The van der Waals surface area contributed by atoms with Crippen LogP contribution in [0, 0.1) is 0 Å². The van der Waals surface area contributed by atoms with E-state index < -0.39 is 33.8 Å². The molecule has 0 aromatic carbocycles. The molecule has 0 aromatic heterocycles. The Bertz CT molecular complexity index is 344. The second-order valence-corrected chi connectivity index (χ2v) is 8.09. The molecule has 0 rings (SSSR count). The van der Waals surface area contributed by atoms with Crippen molar-refractivity contribution >= 4 is 23.6 Å². The fraction of sp³-hybridized carbons (Fsp3) is 0.857. The Morgan fingerprint density at radius 3 is 2.43 bits per heavy atom. The first-order valence-corrected chi connectivity index (χ1v) is 8.21. The number of carbonyl (C=O) groups is 2. The van der Waals surface area contributed by atoms with Crippen LogP contribution in [0.2, 0.25) is 0 Å². The molecule has 0 radical (unpaired) electrons.